The highest BCUT2D eigenvalue weighted by molar-refractivity contribution is 7.09. The molecular weight excluding hydrogens is 284 g/mol. The van der Waals surface area contributed by atoms with Gasteiger partial charge in [0.2, 0.25) is 0 Å². The molecule has 0 saturated heterocycles. The van der Waals surface area contributed by atoms with Crippen LogP contribution in [-0.4, -0.2) is 18.1 Å². The normalized spacial score (nSPS) is 11.9. The van der Waals surface area contributed by atoms with E-state index in [1.807, 2.05) is 19.2 Å². The van der Waals surface area contributed by atoms with Crippen molar-refractivity contribution in [1.29, 1.82) is 0 Å². The summed E-state index contributed by atoms with van der Waals surface area (Å²) in [4.78, 5) is 16.7. The van der Waals surface area contributed by atoms with Gasteiger partial charge in [0.1, 0.15) is 0 Å². The fourth-order valence-electron chi connectivity index (χ4n) is 1.64. The smallest absolute Gasteiger partial charge is 0.339 e. The van der Waals surface area contributed by atoms with Crippen molar-refractivity contribution in [2.75, 3.05) is 12.4 Å². The maximum absolute atomic E-state index is 11.6. The van der Waals surface area contributed by atoms with Crippen molar-refractivity contribution in [1.82, 2.24) is 4.98 Å². The number of carbonyl (C=O) groups is 1. The lowest BCUT2D eigenvalue weighted by Crippen LogP contribution is -2.07. The number of rotatable bonds is 4. The quantitative estimate of drug-likeness (QED) is 0.873. The predicted molar refractivity (Wildman–Crippen MR) is 76.9 cm³/mol. The number of ether oxygens (including phenoxy) is 1. The van der Waals surface area contributed by atoms with Crippen molar-refractivity contribution in [2.45, 2.75) is 13.0 Å². The zero-order chi connectivity index (χ0) is 13.8. The van der Waals surface area contributed by atoms with Crippen LogP contribution in [0.25, 0.3) is 0 Å². The Labute approximate surface area is 120 Å². The van der Waals surface area contributed by atoms with E-state index in [2.05, 4.69) is 10.3 Å². The lowest BCUT2D eigenvalue weighted by Gasteiger charge is -2.14. The Balaban J connectivity index is 2.19. The summed E-state index contributed by atoms with van der Waals surface area (Å²) in [7, 11) is 1.33. The molecule has 19 heavy (non-hydrogen) atoms. The fraction of sp³-hybridized carbons (Fsp3) is 0.231. The van der Waals surface area contributed by atoms with Gasteiger partial charge < -0.3 is 10.1 Å². The molecule has 1 heterocycles. The fourth-order valence-corrected chi connectivity index (χ4v) is 2.46. The van der Waals surface area contributed by atoms with Crippen LogP contribution >= 0.6 is 22.9 Å². The second-order valence-electron chi connectivity index (χ2n) is 3.96. The molecule has 0 spiro atoms. The highest BCUT2D eigenvalue weighted by Crippen LogP contribution is 2.25. The summed E-state index contributed by atoms with van der Waals surface area (Å²) in [6.07, 6.45) is 1.82. The van der Waals surface area contributed by atoms with Gasteiger partial charge in [-0.2, -0.15) is 0 Å². The van der Waals surface area contributed by atoms with E-state index >= 15 is 0 Å². The van der Waals surface area contributed by atoms with Gasteiger partial charge in [-0.05, 0) is 25.1 Å². The van der Waals surface area contributed by atoms with Crippen LogP contribution in [0.5, 0.6) is 0 Å². The standard InChI is InChI=1S/C13H13ClN2O2S/c1-8(12-6-15-7-19-12)16-9-3-4-11(14)10(5-9)13(17)18-2/h3-8,16H,1-2H3. The van der Waals surface area contributed by atoms with Crippen molar-refractivity contribution in [3.05, 3.63) is 45.4 Å². The van der Waals surface area contributed by atoms with Gasteiger partial charge in [-0.15, -0.1) is 11.3 Å². The van der Waals surface area contributed by atoms with Crippen molar-refractivity contribution in [3.8, 4) is 0 Å². The van der Waals surface area contributed by atoms with Crippen LogP contribution < -0.4 is 5.32 Å². The monoisotopic (exact) mass is 296 g/mol. The number of aromatic nitrogens is 1. The number of nitrogens with one attached hydrogen (secondary N) is 1. The minimum Gasteiger partial charge on any atom is -0.465 e. The molecule has 0 fully saturated rings. The van der Waals surface area contributed by atoms with E-state index in [4.69, 9.17) is 16.3 Å². The molecule has 1 aromatic heterocycles. The number of methoxy groups -OCH3 is 1. The Morgan fingerprint density at radius 2 is 2.32 bits per heavy atom. The van der Waals surface area contributed by atoms with E-state index in [1.54, 1.807) is 29.0 Å². The third kappa shape index (κ3) is 3.24. The highest BCUT2D eigenvalue weighted by atomic mass is 35.5. The molecule has 6 heteroatoms. The molecule has 1 unspecified atom stereocenters. The second kappa shape index (κ2) is 6.04. The summed E-state index contributed by atoms with van der Waals surface area (Å²) in [5.74, 6) is -0.445. The summed E-state index contributed by atoms with van der Waals surface area (Å²) in [6.45, 7) is 2.03. The second-order valence-corrected chi connectivity index (χ2v) is 5.28. The van der Waals surface area contributed by atoms with Crippen LogP contribution in [-0.2, 0) is 4.74 Å². The Hall–Kier alpha value is -1.59. The number of carbonyl (C=O) groups excluding carboxylic acids is 1. The van der Waals surface area contributed by atoms with Crippen LogP contribution in [0.15, 0.2) is 29.9 Å². The first-order chi connectivity index (χ1) is 9.11. The lowest BCUT2D eigenvalue weighted by molar-refractivity contribution is 0.0601. The highest BCUT2D eigenvalue weighted by Gasteiger charge is 2.13. The molecule has 2 aromatic rings. The molecule has 4 nitrogen and oxygen atoms in total. The maximum Gasteiger partial charge on any atom is 0.339 e. The van der Waals surface area contributed by atoms with E-state index in [9.17, 15) is 4.79 Å². The Bertz CT molecular complexity index is 572. The first-order valence-corrected chi connectivity index (χ1v) is 6.90. The molecule has 0 aliphatic rings. The summed E-state index contributed by atoms with van der Waals surface area (Å²) in [5.41, 5.74) is 2.95. The molecule has 0 saturated carbocycles. The van der Waals surface area contributed by atoms with Gasteiger partial charge in [0, 0.05) is 16.8 Å². The van der Waals surface area contributed by atoms with Crippen LogP contribution in [0.3, 0.4) is 0 Å². The number of anilines is 1. The zero-order valence-corrected chi connectivity index (χ0v) is 12.1. The molecule has 1 atom stereocenters. The average Bonchev–Trinajstić information content (AvgIpc) is 2.94. The van der Waals surface area contributed by atoms with Gasteiger partial charge in [0.15, 0.2) is 0 Å². The third-order valence-corrected chi connectivity index (χ3v) is 3.92. The number of thiazole rings is 1. The topological polar surface area (TPSA) is 51.2 Å². The van der Waals surface area contributed by atoms with E-state index in [-0.39, 0.29) is 6.04 Å². The van der Waals surface area contributed by atoms with Crippen LogP contribution in [0, 0.1) is 0 Å². The summed E-state index contributed by atoms with van der Waals surface area (Å²) < 4.78 is 4.69. The van der Waals surface area contributed by atoms with Gasteiger partial charge in [-0.3, -0.25) is 4.98 Å². The van der Waals surface area contributed by atoms with E-state index in [0.29, 0.717) is 10.6 Å². The molecule has 1 N–H and O–H groups in total. The van der Waals surface area contributed by atoms with Gasteiger partial charge in [0.05, 0.1) is 29.2 Å². The lowest BCUT2D eigenvalue weighted by atomic mass is 10.2. The number of nitrogens with zero attached hydrogens (tertiary/aromatic N) is 1. The minimum absolute atomic E-state index is 0.110. The number of halogens is 1. The van der Waals surface area contributed by atoms with Crippen LogP contribution in [0.4, 0.5) is 5.69 Å². The zero-order valence-electron chi connectivity index (χ0n) is 10.5. The molecular formula is C13H13ClN2O2S. The van der Waals surface area contributed by atoms with Crippen LogP contribution in [0.1, 0.15) is 28.2 Å². The number of benzene rings is 1. The SMILES string of the molecule is COC(=O)c1cc(NC(C)c2cncs2)ccc1Cl. The molecule has 0 amide bonds. The number of hydrogen-bond donors (Lipinski definition) is 1. The Morgan fingerprint density at radius 1 is 1.53 bits per heavy atom. The molecule has 2 rings (SSSR count). The summed E-state index contributed by atoms with van der Waals surface area (Å²) >= 11 is 7.55. The summed E-state index contributed by atoms with van der Waals surface area (Å²) in [5, 5.41) is 3.67. The molecule has 0 aliphatic carbocycles. The molecule has 0 bridgehead atoms. The predicted octanol–water partition coefficient (Wildman–Crippen LogP) is 3.76. The number of hydrogen-bond acceptors (Lipinski definition) is 5. The van der Waals surface area contributed by atoms with Crippen molar-refractivity contribution >= 4 is 34.6 Å². The van der Waals surface area contributed by atoms with E-state index in [0.717, 1.165) is 10.6 Å². The first-order valence-electron chi connectivity index (χ1n) is 5.64. The average molecular weight is 297 g/mol. The largest absolute Gasteiger partial charge is 0.465 e. The number of esters is 1. The molecule has 1 aromatic carbocycles. The molecule has 100 valence electrons. The Kier molecular flexibility index (Phi) is 4.39. The first kappa shape index (κ1) is 13.8. The minimum atomic E-state index is -0.445. The van der Waals surface area contributed by atoms with Crippen LogP contribution in [0.2, 0.25) is 5.02 Å². The summed E-state index contributed by atoms with van der Waals surface area (Å²) in [6, 6.07) is 5.30. The van der Waals surface area contributed by atoms with Crippen molar-refractivity contribution < 1.29 is 9.53 Å². The van der Waals surface area contributed by atoms with Gasteiger partial charge in [-0.1, -0.05) is 11.6 Å². The van der Waals surface area contributed by atoms with Crippen molar-refractivity contribution in [2.24, 2.45) is 0 Å². The van der Waals surface area contributed by atoms with Crippen molar-refractivity contribution in [3.63, 3.8) is 0 Å². The maximum atomic E-state index is 11.6. The molecule has 0 aliphatic heterocycles. The van der Waals surface area contributed by atoms with E-state index < -0.39 is 5.97 Å². The third-order valence-electron chi connectivity index (χ3n) is 2.63. The molecule has 0 radical (unpaired) electrons. The van der Waals surface area contributed by atoms with Gasteiger partial charge in [0.25, 0.3) is 0 Å². The van der Waals surface area contributed by atoms with Gasteiger partial charge in [-0.25, -0.2) is 4.79 Å². The van der Waals surface area contributed by atoms with E-state index in [1.165, 1.54) is 7.11 Å². The van der Waals surface area contributed by atoms with Gasteiger partial charge >= 0.3 is 5.97 Å². The Morgan fingerprint density at radius 3 is 2.95 bits per heavy atom.